The molecule has 2 aromatic heterocycles. The van der Waals surface area contributed by atoms with Gasteiger partial charge in [0.05, 0.1) is 13.1 Å². The van der Waals surface area contributed by atoms with Gasteiger partial charge in [-0.2, -0.15) is 0 Å². The van der Waals surface area contributed by atoms with Crippen molar-refractivity contribution in [3.63, 3.8) is 0 Å². The highest BCUT2D eigenvalue weighted by Gasteiger charge is 2.15. The zero-order chi connectivity index (χ0) is 18.8. The van der Waals surface area contributed by atoms with E-state index >= 15 is 0 Å². The first-order valence-electron chi connectivity index (χ1n) is 8.36. The van der Waals surface area contributed by atoms with Gasteiger partial charge in [-0.3, -0.25) is 13.9 Å². The first kappa shape index (κ1) is 16.8. The maximum absolute atomic E-state index is 13.2. The second-order valence-corrected chi connectivity index (χ2v) is 6.10. The van der Waals surface area contributed by atoms with E-state index in [1.54, 1.807) is 12.1 Å². The van der Waals surface area contributed by atoms with Crippen LogP contribution in [0.5, 0.6) is 0 Å². The van der Waals surface area contributed by atoms with E-state index in [0.717, 1.165) is 15.7 Å². The van der Waals surface area contributed by atoms with Crippen LogP contribution in [0.1, 0.15) is 11.1 Å². The Morgan fingerprint density at radius 1 is 0.778 bits per heavy atom. The minimum absolute atomic E-state index is 0.121. The fourth-order valence-electron chi connectivity index (χ4n) is 2.95. The highest BCUT2D eigenvalue weighted by molar-refractivity contribution is 5.68. The minimum atomic E-state index is -0.485. The van der Waals surface area contributed by atoms with E-state index in [9.17, 15) is 14.0 Å². The molecule has 4 aromatic rings. The average molecular weight is 362 g/mol. The predicted molar refractivity (Wildman–Crippen MR) is 99.1 cm³/mol. The van der Waals surface area contributed by atoms with Crippen LogP contribution in [-0.2, 0) is 13.1 Å². The van der Waals surface area contributed by atoms with Gasteiger partial charge < -0.3 is 0 Å². The van der Waals surface area contributed by atoms with Crippen molar-refractivity contribution >= 4 is 11.2 Å². The molecule has 0 N–H and O–H groups in total. The third kappa shape index (κ3) is 3.27. The summed E-state index contributed by atoms with van der Waals surface area (Å²) in [5.41, 5.74) is 0.906. The summed E-state index contributed by atoms with van der Waals surface area (Å²) in [4.78, 5) is 34.2. The molecule has 0 aliphatic carbocycles. The summed E-state index contributed by atoms with van der Waals surface area (Å²) < 4.78 is 15.7. The number of nitrogens with zero attached hydrogens (tertiary/aromatic N) is 4. The van der Waals surface area contributed by atoms with Gasteiger partial charge in [0.15, 0.2) is 11.2 Å². The van der Waals surface area contributed by atoms with Crippen molar-refractivity contribution in [2.75, 3.05) is 0 Å². The topological polar surface area (TPSA) is 69.8 Å². The quantitative estimate of drug-likeness (QED) is 0.558. The highest BCUT2D eigenvalue weighted by atomic mass is 19.1. The Kier molecular flexibility index (Phi) is 4.33. The third-order valence-electron chi connectivity index (χ3n) is 4.28. The smallest absolute Gasteiger partial charge is 0.272 e. The molecule has 0 amide bonds. The SMILES string of the molecule is O=c1c2nccnc2n(Cc2ccc(F)cc2)c(=O)n1Cc1ccccc1. The predicted octanol–water partition coefficient (Wildman–Crippen LogP) is 2.19. The van der Waals surface area contributed by atoms with Gasteiger partial charge in [0.1, 0.15) is 5.82 Å². The summed E-state index contributed by atoms with van der Waals surface area (Å²) in [5, 5.41) is 0. The van der Waals surface area contributed by atoms with E-state index in [0.29, 0.717) is 0 Å². The van der Waals surface area contributed by atoms with Crippen LogP contribution in [0.3, 0.4) is 0 Å². The van der Waals surface area contributed by atoms with E-state index in [1.807, 2.05) is 30.3 Å². The summed E-state index contributed by atoms with van der Waals surface area (Å²) in [7, 11) is 0. The van der Waals surface area contributed by atoms with E-state index < -0.39 is 11.2 Å². The molecular formula is C20H15FN4O2. The van der Waals surface area contributed by atoms with Crippen molar-refractivity contribution in [1.82, 2.24) is 19.1 Å². The van der Waals surface area contributed by atoms with Crippen molar-refractivity contribution in [3.8, 4) is 0 Å². The first-order chi connectivity index (χ1) is 13.1. The van der Waals surface area contributed by atoms with Crippen LogP contribution in [0.25, 0.3) is 11.2 Å². The van der Waals surface area contributed by atoms with Crippen LogP contribution in [0.4, 0.5) is 4.39 Å². The van der Waals surface area contributed by atoms with Gasteiger partial charge in [-0.1, -0.05) is 42.5 Å². The van der Waals surface area contributed by atoms with E-state index in [4.69, 9.17) is 0 Å². The molecule has 134 valence electrons. The van der Waals surface area contributed by atoms with Crippen molar-refractivity contribution in [2.24, 2.45) is 0 Å². The van der Waals surface area contributed by atoms with Crippen molar-refractivity contribution < 1.29 is 4.39 Å². The maximum Gasteiger partial charge on any atom is 0.333 e. The summed E-state index contributed by atoms with van der Waals surface area (Å²) in [6.45, 7) is 0.289. The van der Waals surface area contributed by atoms with Gasteiger partial charge in [0.2, 0.25) is 0 Å². The Morgan fingerprint density at radius 2 is 1.41 bits per heavy atom. The molecule has 27 heavy (non-hydrogen) atoms. The normalized spacial score (nSPS) is 11.0. The molecule has 0 saturated heterocycles. The van der Waals surface area contributed by atoms with Crippen LogP contribution in [0.2, 0.25) is 0 Å². The Hall–Kier alpha value is -3.61. The Morgan fingerprint density at radius 3 is 2.15 bits per heavy atom. The number of benzene rings is 2. The lowest BCUT2D eigenvalue weighted by Gasteiger charge is -2.13. The fourth-order valence-corrected chi connectivity index (χ4v) is 2.95. The van der Waals surface area contributed by atoms with Crippen LogP contribution < -0.4 is 11.2 Å². The third-order valence-corrected chi connectivity index (χ3v) is 4.28. The van der Waals surface area contributed by atoms with Crippen LogP contribution in [0, 0.1) is 5.82 Å². The van der Waals surface area contributed by atoms with Gasteiger partial charge >= 0.3 is 5.69 Å². The molecule has 2 aromatic carbocycles. The zero-order valence-electron chi connectivity index (χ0n) is 14.2. The highest BCUT2D eigenvalue weighted by Crippen LogP contribution is 2.08. The Labute approximate surface area is 153 Å². The van der Waals surface area contributed by atoms with E-state index in [2.05, 4.69) is 9.97 Å². The number of rotatable bonds is 4. The second kappa shape index (κ2) is 6.95. The monoisotopic (exact) mass is 362 g/mol. The lowest BCUT2D eigenvalue weighted by Crippen LogP contribution is -2.41. The lowest BCUT2D eigenvalue weighted by atomic mass is 10.2. The van der Waals surface area contributed by atoms with Gasteiger partial charge in [-0.25, -0.2) is 19.2 Å². The molecule has 0 unspecified atom stereocenters. The number of fused-ring (bicyclic) bond motifs is 1. The zero-order valence-corrected chi connectivity index (χ0v) is 14.2. The molecule has 7 heteroatoms. The minimum Gasteiger partial charge on any atom is -0.272 e. The largest absolute Gasteiger partial charge is 0.333 e. The maximum atomic E-state index is 13.2. The number of hydrogen-bond acceptors (Lipinski definition) is 4. The van der Waals surface area contributed by atoms with Crippen molar-refractivity contribution in [2.45, 2.75) is 13.1 Å². The van der Waals surface area contributed by atoms with Crippen LogP contribution in [-0.4, -0.2) is 19.1 Å². The average Bonchev–Trinajstić information content (AvgIpc) is 2.71. The first-order valence-corrected chi connectivity index (χ1v) is 8.36. The molecule has 0 fully saturated rings. The molecule has 0 saturated carbocycles. The fraction of sp³-hybridized carbons (Fsp3) is 0.100. The summed E-state index contributed by atoms with van der Waals surface area (Å²) in [5.74, 6) is -0.357. The lowest BCUT2D eigenvalue weighted by molar-refractivity contribution is 0.619. The molecule has 0 aliphatic rings. The number of aromatic nitrogens is 4. The molecule has 2 heterocycles. The van der Waals surface area contributed by atoms with Crippen molar-refractivity contribution in [3.05, 3.63) is 105 Å². The second-order valence-electron chi connectivity index (χ2n) is 6.10. The number of halogens is 1. The van der Waals surface area contributed by atoms with Crippen LogP contribution >= 0.6 is 0 Å². The molecule has 6 nitrogen and oxygen atoms in total. The summed E-state index contributed by atoms with van der Waals surface area (Å²) >= 11 is 0. The Balaban J connectivity index is 1.90. The molecule has 0 aliphatic heterocycles. The summed E-state index contributed by atoms with van der Waals surface area (Å²) in [6.07, 6.45) is 2.85. The molecule has 0 spiro atoms. The number of hydrogen-bond donors (Lipinski definition) is 0. The molecule has 4 rings (SSSR count). The van der Waals surface area contributed by atoms with Gasteiger partial charge in [-0.05, 0) is 23.3 Å². The van der Waals surface area contributed by atoms with Gasteiger partial charge in [-0.15, -0.1) is 0 Å². The van der Waals surface area contributed by atoms with Gasteiger partial charge in [0.25, 0.3) is 5.56 Å². The van der Waals surface area contributed by atoms with E-state index in [-0.39, 0.29) is 30.1 Å². The molecular weight excluding hydrogens is 347 g/mol. The van der Waals surface area contributed by atoms with Crippen molar-refractivity contribution in [1.29, 1.82) is 0 Å². The standard InChI is InChI=1S/C20H15FN4O2/c21-16-8-6-15(7-9-16)12-24-18-17(22-10-11-23-18)19(26)25(20(24)27)13-14-4-2-1-3-5-14/h1-11H,12-13H2. The Bertz CT molecular complexity index is 1210. The molecule has 0 atom stereocenters. The van der Waals surface area contributed by atoms with Crippen LogP contribution in [0.15, 0.2) is 76.6 Å². The van der Waals surface area contributed by atoms with Gasteiger partial charge in [0, 0.05) is 12.4 Å². The molecule has 0 radical (unpaired) electrons. The summed E-state index contributed by atoms with van der Waals surface area (Å²) in [6, 6.07) is 15.1. The molecule has 0 bridgehead atoms. The van der Waals surface area contributed by atoms with E-state index in [1.165, 1.54) is 29.1 Å².